The van der Waals surface area contributed by atoms with Crippen molar-refractivity contribution in [3.8, 4) is 5.75 Å². The van der Waals surface area contributed by atoms with Crippen LogP contribution in [0.2, 0.25) is 0 Å². The molecule has 1 fully saturated rings. The van der Waals surface area contributed by atoms with Crippen molar-refractivity contribution in [3.63, 3.8) is 0 Å². The molecule has 5 bridgehead atoms. The maximum absolute atomic E-state index is 14.8. The molecule has 0 saturated carbocycles. The number of aliphatic hydroxyl groups is 2. The molecule has 326 valence electrons. The molecule has 5 N–H and O–H groups in total. The second-order valence-electron chi connectivity index (χ2n) is 16.4. The van der Waals surface area contributed by atoms with Crippen molar-refractivity contribution in [2.75, 3.05) is 40.3 Å². The summed E-state index contributed by atoms with van der Waals surface area (Å²) in [5.74, 6) is -7.96. The molecule has 0 unspecified atom stereocenters. The van der Waals surface area contributed by atoms with Crippen LogP contribution in [0.1, 0.15) is 90.7 Å². The lowest BCUT2D eigenvalue weighted by molar-refractivity contribution is -0.160. The Morgan fingerprint density at radius 3 is 2.27 bits per heavy atom. The molecule has 1 aromatic rings. The van der Waals surface area contributed by atoms with Gasteiger partial charge in [0.25, 0.3) is 11.7 Å². The van der Waals surface area contributed by atoms with Gasteiger partial charge in [0.15, 0.2) is 5.78 Å². The summed E-state index contributed by atoms with van der Waals surface area (Å²) in [5, 5.41) is 31.9. The van der Waals surface area contributed by atoms with Gasteiger partial charge in [-0.2, -0.15) is 5.10 Å². The fourth-order valence-corrected chi connectivity index (χ4v) is 8.24. The van der Waals surface area contributed by atoms with E-state index in [-0.39, 0.29) is 51.4 Å². The van der Waals surface area contributed by atoms with Crippen molar-refractivity contribution in [3.05, 3.63) is 75.2 Å². The maximum Gasteiger partial charge on any atom is 0.312 e. The van der Waals surface area contributed by atoms with E-state index in [0.29, 0.717) is 31.7 Å². The standard InChI is InChI=1S/C44H59N5O11/c1-22-12-11-13-23(2)43(56)47-35-30(21-46-49-17-15-48(9)16-18-49)38(53)33-32(39(35)54)29(20-45)24(3)41-34(33)42(55)44(8,60-41)58-19-14-31(57-10)25(4)40(59-28(7)50)27(6)37(52)26(5)36(22)51/h11-14,19,21-22,25-27,31,36-37,40,51-52H,15-18,20,45H2,1-10H3,(H,47,56)/b12-11+,19-14+,23-13-,46-21+/t22-,25+,26+,27+,31-,36-,37+,40+,44-/m0/s1. The Morgan fingerprint density at radius 2 is 1.65 bits per heavy atom. The molecule has 1 amide bonds. The third kappa shape index (κ3) is 9.03. The number of aliphatic hydroxyl groups excluding tert-OH is 2. The number of piperazine rings is 1. The number of fused-ring (bicyclic) bond motifs is 14. The van der Waals surface area contributed by atoms with Gasteiger partial charge in [0, 0.05) is 94.1 Å². The number of hydrogen-bond donors (Lipinski definition) is 4. The molecule has 60 heavy (non-hydrogen) atoms. The van der Waals surface area contributed by atoms with Crippen LogP contribution < -0.4 is 15.8 Å². The minimum Gasteiger partial charge on any atom is -0.462 e. The predicted octanol–water partition coefficient (Wildman–Crippen LogP) is 2.99. The molecule has 5 aliphatic rings. The molecule has 0 radical (unpaired) electrons. The average Bonchev–Trinajstić information content (AvgIpc) is 3.48. The summed E-state index contributed by atoms with van der Waals surface area (Å²) in [7, 11) is 3.43. The van der Waals surface area contributed by atoms with Crippen LogP contribution in [0.4, 0.5) is 0 Å². The van der Waals surface area contributed by atoms with E-state index in [4.69, 9.17) is 24.7 Å². The fourth-order valence-electron chi connectivity index (χ4n) is 8.24. The largest absolute Gasteiger partial charge is 0.462 e. The number of hydrogen-bond acceptors (Lipinski definition) is 15. The zero-order valence-electron chi connectivity index (χ0n) is 36.1. The highest BCUT2D eigenvalue weighted by Crippen LogP contribution is 2.46. The van der Waals surface area contributed by atoms with E-state index in [0.717, 1.165) is 0 Å². The third-order valence-electron chi connectivity index (χ3n) is 12.2. The van der Waals surface area contributed by atoms with E-state index >= 15 is 0 Å². The van der Waals surface area contributed by atoms with Gasteiger partial charge in [-0.1, -0.05) is 45.9 Å². The number of nitrogens with one attached hydrogen (secondary N) is 1. The first-order valence-electron chi connectivity index (χ1n) is 20.3. The predicted molar refractivity (Wildman–Crippen MR) is 222 cm³/mol. The first-order valence-corrected chi connectivity index (χ1v) is 20.3. The highest BCUT2D eigenvalue weighted by molar-refractivity contribution is 6.37. The zero-order chi connectivity index (χ0) is 44.4. The number of carbonyl (C=O) groups is 5. The molecule has 6 rings (SSSR count). The molecular formula is C44H59N5O11. The van der Waals surface area contributed by atoms with Crippen LogP contribution in [0.5, 0.6) is 5.75 Å². The lowest BCUT2D eigenvalue weighted by Gasteiger charge is -2.38. The van der Waals surface area contributed by atoms with Gasteiger partial charge >= 0.3 is 11.8 Å². The number of hydrazone groups is 1. The van der Waals surface area contributed by atoms with Crippen molar-refractivity contribution in [2.45, 2.75) is 92.1 Å². The quantitative estimate of drug-likeness (QED) is 0.248. The summed E-state index contributed by atoms with van der Waals surface area (Å²) in [6, 6.07) is 0. The molecule has 1 saturated heterocycles. The number of Topliss-reactive ketones (excluding diaryl/α,β-unsaturated/α-hetero) is 3. The van der Waals surface area contributed by atoms with Gasteiger partial charge in [-0.25, -0.2) is 0 Å². The Morgan fingerprint density at radius 1 is 0.983 bits per heavy atom. The minimum absolute atomic E-state index is 0.0232. The smallest absolute Gasteiger partial charge is 0.312 e. The molecule has 0 aromatic heterocycles. The van der Waals surface area contributed by atoms with Crippen LogP contribution in [0.15, 0.2) is 52.5 Å². The van der Waals surface area contributed by atoms with Gasteiger partial charge in [0.2, 0.25) is 5.78 Å². The highest BCUT2D eigenvalue weighted by atomic mass is 16.7. The number of likely N-dealkylation sites (N-methyl/N-ethyl adjacent to an activating group) is 1. The second kappa shape index (κ2) is 18.7. The molecule has 16 nitrogen and oxygen atoms in total. The van der Waals surface area contributed by atoms with Gasteiger partial charge < -0.3 is 45.1 Å². The van der Waals surface area contributed by atoms with Crippen LogP contribution in [0, 0.1) is 30.6 Å². The summed E-state index contributed by atoms with van der Waals surface area (Å²) < 4.78 is 23.8. The van der Waals surface area contributed by atoms with Crippen molar-refractivity contribution in [1.29, 1.82) is 0 Å². The number of rotatable bonds is 5. The number of amides is 1. The van der Waals surface area contributed by atoms with Gasteiger partial charge in [-0.05, 0) is 38.1 Å². The van der Waals surface area contributed by atoms with Crippen LogP contribution in [0.25, 0.3) is 0 Å². The molecular weight excluding hydrogens is 775 g/mol. The molecule has 16 heteroatoms. The van der Waals surface area contributed by atoms with E-state index in [1.165, 1.54) is 52.5 Å². The Balaban J connectivity index is 1.68. The average molecular weight is 834 g/mol. The Bertz CT molecular complexity index is 2050. The minimum atomic E-state index is -2.02. The molecule has 1 aliphatic carbocycles. The topological polar surface area (TPSA) is 220 Å². The number of benzene rings is 1. The SMILES string of the molecule is CO[C@H]1/C=C/O[C@@]2(C)Oc3c(C)c(CN)c4c(c3C2=O)C(=O)C(/C=N/N2CCN(C)CC2)=C(NC(=O)/C(C)=C\C=C\[C@H](C)[C@H](O)[C@@H](C)[C@@H](O)[C@@H](C)[C@H](OC(C)=O)[C@@H]1C)C4=O. The highest BCUT2D eigenvalue weighted by Gasteiger charge is 2.52. The van der Waals surface area contributed by atoms with Gasteiger partial charge in [0.1, 0.15) is 17.6 Å². The lowest BCUT2D eigenvalue weighted by atomic mass is 9.78. The first-order chi connectivity index (χ1) is 28.3. The Labute approximate surface area is 351 Å². The van der Waals surface area contributed by atoms with Crippen molar-refractivity contribution >= 4 is 35.4 Å². The summed E-state index contributed by atoms with van der Waals surface area (Å²) in [6.45, 7) is 15.0. The number of ether oxygens (including phenoxy) is 4. The number of nitrogens with two attached hydrogens (primary N) is 1. The summed E-state index contributed by atoms with van der Waals surface area (Å²) in [6.07, 6.45) is 4.86. The number of methoxy groups -OCH3 is 1. The Kier molecular flexibility index (Phi) is 14.4. The first kappa shape index (κ1) is 46.1. The normalized spacial score (nSPS) is 33.0. The fraction of sp³-hybridized carbons (Fsp3) is 0.545. The molecule has 9 atom stereocenters. The van der Waals surface area contributed by atoms with E-state index in [1.54, 1.807) is 51.8 Å². The lowest BCUT2D eigenvalue weighted by Crippen LogP contribution is -2.46. The number of allylic oxidation sites excluding steroid dienone is 4. The second-order valence-corrected chi connectivity index (χ2v) is 16.4. The molecule has 0 spiro atoms. The molecule has 4 heterocycles. The maximum atomic E-state index is 14.8. The monoisotopic (exact) mass is 833 g/mol. The van der Waals surface area contributed by atoms with Crippen molar-refractivity contribution < 1.29 is 53.1 Å². The Hall–Kier alpha value is -5.00. The van der Waals surface area contributed by atoms with E-state index < -0.39 is 83.1 Å². The van der Waals surface area contributed by atoms with Gasteiger partial charge in [-0.15, -0.1) is 0 Å². The van der Waals surface area contributed by atoms with Crippen molar-refractivity contribution in [2.24, 2.45) is 34.5 Å². The van der Waals surface area contributed by atoms with Crippen LogP contribution in [-0.2, 0) is 30.3 Å². The van der Waals surface area contributed by atoms with Crippen molar-refractivity contribution in [1.82, 2.24) is 15.2 Å². The number of carbonyl (C=O) groups excluding carboxylic acids is 5. The van der Waals surface area contributed by atoms with E-state index in [1.807, 2.05) is 7.05 Å². The summed E-state index contributed by atoms with van der Waals surface area (Å²) >= 11 is 0. The zero-order valence-corrected chi connectivity index (χ0v) is 36.1. The molecule has 4 aliphatic heterocycles. The summed E-state index contributed by atoms with van der Waals surface area (Å²) in [4.78, 5) is 72.3. The van der Waals surface area contributed by atoms with E-state index in [2.05, 4.69) is 15.3 Å². The number of ketones is 3. The summed E-state index contributed by atoms with van der Waals surface area (Å²) in [5.41, 5.74) is 5.93. The van der Waals surface area contributed by atoms with E-state index in [9.17, 15) is 34.2 Å². The molecule has 1 aromatic carbocycles. The van der Waals surface area contributed by atoms with Gasteiger partial charge in [-0.3, -0.25) is 29.0 Å². The number of nitrogens with zero attached hydrogens (tertiary/aromatic N) is 3. The third-order valence-corrected chi connectivity index (χ3v) is 12.2. The van der Waals surface area contributed by atoms with Crippen LogP contribution in [-0.4, -0.2) is 126 Å². The number of esters is 1. The van der Waals surface area contributed by atoms with Gasteiger partial charge in [0.05, 0.1) is 41.9 Å². The van der Waals surface area contributed by atoms with Crippen LogP contribution >= 0.6 is 0 Å². The van der Waals surface area contributed by atoms with Crippen LogP contribution in [0.3, 0.4) is 0 Å².